The molecule has 2 heterocycles. The van der Waals surface area contributed by atoms with Gasteiger partial charge < -0.3 is 20.2 Å². The number of rotatable bonds is 6. The van der Waals surface area contributed by atoms with Gasteiger partial charge in [-0.15, -0.1) is 0 Å². The van der Waals surface area contributed by atoms with Crippen LogP contribution in [0.5, 0.6) is 5.75 Å². The zero-order chi connectivity index (χ0) is 27.7. The van der Waals surface area contributed by atoms with Gasteiger partial charge in [-0.3, -0.25) is 23.7 Å². The largest absolute Gasteiger partial charge is 0.502 e. The summed E-state index contributed by atoms with van der Waals surface area (Å²) >= 11 is 5.87. The number of pyridine rings is 1. The lowest BCUT2D eigenvalue weighted by atomic mass is 9.95. The summed E-state index contributed by atoms with van der Waals surface area (Å²) in [7, 11) is 3.04. The second-order valence-corrected chi connectivity index (χ2v) is 9.43. The fourth-order valence-corrected chi connectivity index (χ4v) is 4.61. The van der Waals surface area contributed by atoms with Crippen molar-refractivity contribution >= 4 is 29.3 Å². The number of hydrogen-bond donors (Lipinski definition) is 2. The molecule has 4 rings (SSSR count). The molecule has 0 bridgehead atoms. The molecule has 1 aliphatic rings. The molecule has 0 fully saturated rings. The number of benzene rings is 2. The molecule has 0 spiro atoms. The van der Waals surface area contributed by atoms with Crippen LogP contribution >= 0.6 is 11.6 Å². The molecular formula is C27H26ClFN4O5. The lowest BCUT2D eigenvalue weighted by Crippen LogP contribution is -2.42. The summed E-state index contributed by atoms with van der Waals surface area (Å²) in [5.41, 5.74) is 0.191. The van der Waals surface area contributed by atoms with Crippen molar-refractivity contribution in [1.82, 2.24) is 19.7 Å². The van der Waals surface area contributed by atoms with Crippen LogP contribution in [0.4, 0.5) is 4.39 Å². The Hall–Kier alpha value is -4.18. The van der Waals surface area contributed by atoms with Crippen LogP contribution in [0.3, 0.4) is 0 Å². The SMILES string of the molecule is CCNC(=O)c1ccc(-n2c(C(=O)N(C)C)c3c(c(O)c2=O)C(=O)N(Cc2ccc(F)c(Cl)c2)CC3)cc1. The average Bonchev–Trinajstić information content (AvgIpc) is 2.89. The molecule has 2 aromatic carbocycles. The van der Waals surface area contributed by atoms with Crippen LogP contribution in [0.1, 0.15) is 49.3 Å². The molecule has 0 aliphatic carbocycles. The Kier molecular flexibility index (Phi) is 7.54. The molecule has 0 saturated carbocycles. The zero-order valence-corrected chi connectivity index (χ0v) is 21.8. The topological polar surface area (TPSA) is 112 Å². The maximum absolute atomic E-state index is 13.6. The lowest BCUT2D eigenvalue weighted by Gasteiger charge is -2.31. The summed E-state index contributed by atoms with van der Waals surface area (Å²) in [5.74, 6) is -2.83. The van der Waals surface area contributed by atoms with E-state index in [1.807, 2.05) is 0 Å². The van der Waals surface area contributed by atoms with Crippen molar-refractivity contribution < 1.29 is 23.9 Å². The Bertz CT molecular complexity index is 1500. The second kappa shape index (κ2) is 10.7. The van der Waals surface area contributed by atoms with Gasteiger partial charge in [0.2, 0.25) is 0 Å². The minimum absolute atomic E-state index is 0.0450. The summed E-state index contributed by atoms with van der Waals surface area (Å²) in [6, 6.07) is 10.1. The average molecular weight is 541 g/mol. The number of nitrogens with zero attached hydrogens (tertiary/aromatic N) is 3. The van der Waals surface area contributed by atoms with E-state index in [2.05, 4.69) is 5.32 Å². The summed E-state index contributed by atoms with van der Waals surface area (Å²) in [6.45, 7) is 2.49. The third-order valence-corrected chi connectivity index (χ3v) is 6.57. The fourth-order valence-electron chi connectivity index (χ4n) is 4.41. The van der Waals surface area contributed by atoms with Gasteiger partial charge in [0.15, 0.2) is 5.75 Å². The molecule has 0 atom stereocenters. The molecule has 0 unspecified atom stereocenters. The van der Waals surface area contributed by atoms with Gasteiger partial charge >= 0.3 is 0 Å². The number of aromatic nitrogens is 1. The molecular weight excluding hydrogens is 515 g/mol. The molecule has 1 aromatic heterocycles. The highest BCUT2D eigenvalue weighted by atomic mass is 35.5. The van der Waals surface area contributed by atoms with E-state index in [-0.39, 0.29) is 52.9 Å². The van der Waals surface area contributed by atoms with E-state index >= 15 is 0 Å². The molecule has 0 saturated heterocycles. The molecule has 0 radical (unpaired) electrons. The monoisotopic (exact) mass is 540 g/mol. The highest BCUT2D eigenvalue weighted by molar-refractivity contribution is 6.30. The van der Waals surface area contributed by atoms with E-state index in [0.29, 0.717) is 17.7 Å². The van der Waals surface area contributed by atoms with Crippen molar-refractivity contribution in [3.8, 4) is 11.4 Å². The molecule has 9 nitrogen and oxygen atoms in total. The standard InChI is InChI=1S/C27H26ClFN4O5/c1-4-30-24(35)16-6-8-17(9-7-16)33-22(26(37)31(2)3)18-11-12-32(25(36)21(18)23(34)27(33)38)14-15-5-10-20(29)19(28)13-15/h5-10,13,34H,4,11-12,14H2,1-3H3,(H,30,35). The minimum Gasteiger partial charge on any atom is -0.502 e. The molecule has 2 N–H and O–H groups in total. The van der Waals surface area contributed by atoms with Gasteiger partial charge in [-0.2, -0.15) is 0 Å². The second-order valence-electron chi connectivity index (χ2n) is 9.02. The van der Waals surface area contributed by atoms with E-state index in [0.717, 1.165) is 4.57 Å². The van der Waals surface area contributed by atoms with E-state index in [4.69, 9.17) is 11.6 Å². The van der Waals surface area contributed by atoms with Gasteiger partial charge in [-0.05, 0) is 55.3 Å². The Balaban J connectivity index is 1.82. The number of hydrogen-bond acceptors (Lipinski definition) is 5. The molecule has 38 heavy (non-hydrogen) atoms. The quantitative estimate of drug-likeness (QED) is 0.499. The maximum Gasteiger partial charge on any atom is 0.298 e. The highest BCUT2D eigenvalue weighted by Crippen LogP contribution is 2.31. The molecule has 11 heteroatoms. The van der Waals surface area contributed by atoms with E-state index in [9.17, 15) is 28.7 Å². The molecule has 198 valence electrons. The first-order valence-electron chi connectivity index (χ1n) is 11.9. The predicted octanol–water partition coefficient (Wildman–Crippen LogP) is 2.99. The first-order chi connectivity index (χ1) is 18.0. The Morgan fingerprint density at radius 2 is 1.82 bits per heavy atom. The van der Waals surface area contributed by atoms with Crippen LogP contribution in [-0.2, 0) is 13.0 Å². The van der Waals surface area contributed by atoms with Crippen LogP contribution in [0.15, 0.2) is 47.3 Å². The highest BCUT2D eigenvalue weighted by Gasteiger charge is 2.35. The van der Waals surface area contributed by atoms with Gasteiger partial charge in [0, 0.05) is 50.5 Å². The third-order valence-electron chi connectivity index (χ3n) is 6.28. The van der Waals surface area contributed by atoms with Crippen LogP contribution in [-0.4, -0.2) is 64.4 Å². The Labute approximate surface area is 223 Å². The first kappa shape index (κ1) is 26.9. The van der Waals surface area contributed by atoms with E-state index in [1.165, 1.54) is 66.4 Å². The lowest BCUT2D eigenvalue weighted by molar-refractivity contribution is 0.0720. The van der Waals surface area contributed by atoms with Gasteiger partial charge in [0.05, 0.1) is 10.6 Å². The molecule has 3 amide bonds. The van der Waals surface area contributed by atoms with Crippen LogP contribution in [0, 0.1) is 5.82 Å². The normalized spacial score (nSPS) is 12.8. The summed E-state index contributed by atoms with van der Waals surface area (Å²) in [5, 5.41) is 13.5. The third kappa shape index (κ3) is 4.87. The first-order valence-corrected chi connectivity index (χ1v) is 12.3. The van der Waals surface area contributed by atoms with Crippen molar-refractivity contribution in [3.05, 3.63) is 91.6 Å². The van der Waals surface area contributed by atoms with Gasteiger partial charge in [0.1, 0.15) is 11.5 Å². The van der Waals surface area contributed by atoms with Crippen LogP contribution in [0.25, 0.3) is 5.69 Å². The van der Waals surface area contributed by atoms with Crippen molar-refractivity contribution in [1.29, 1.82) is 0 Å². The van der Waals surface area contributed by atoms with Crippen LogP contribution < -0.4 is 10.9 Å². The van der Waals surface area contributed by atoms with Gasteiger partial charge in [-0.25, -0.2) is 4.39 Å². The smallest absolute Gasteiger partial charge is 0.298 e. The molecule has 1 aliphatic heterocycles. The summed E-state index contributed by atoms with van der Waals surface area (Å²) in [6.07, 6.45) is 0.176. The number of halogens is 2. The van der Waals surface area contributed by atoms with E-state index in [1.54, 1.807) is 6.92 Å². The summed E-state index contributed by atoms with van der Waals surface area (Å²) < 4.78 is 14.6. The number of amides is 3. The minimum atomic E-state index is -0.945. The molecule has 3 aromatic rings. The number of nitrogens with one attached hydrogen (secondary N) is 1. The fraction of sp³-hybridized carbons (Fsp3) is 0.259. The van der Waals surface area contributed by atoms with Crippen molar-refractivity contribution in [3.63, 3.8) is 0 Å². The van der Waals surface area contributed by atoms with Crippen LogP contribution in [0.2, 0.25) is 5.02 Å². The predicted molar refractivity (Wildman–Crippen MR) is 140 cm³/mol. The Morgan fingerprint density at radius 1 is 1.13 bits per heavy atom. The van der Waals surface area contributed by atoms with Gasteiger partial charge in [-0.1, -0.05) is 17.7 Å². The maximum atomic E-state index is 13.6. The number of fused-ring (bicyclic) bond motifs is 1. The Morgan fingerprint density at radius 3 is 2.42 bits per heavy atom. The van der Waals surface area contributed by atoms with Crippen molar-refractivity contribution in [2.24, 2.45) is 0 Å². The number of aromatic hydroxyl groups is 1. The van der Waals surface area contributed by atoms with Gasteiger partial charge in [0.25, 0.3) is 23.3 Å². The number of carbonyl (C=O) groups is 3. The van der Waals surface area contributed by atoms with Crippen molar-refractivity contribution in [2.75, 3.05) is 27.2 Å². The summed E-state index contributed by atoms with van der Waals surface area (Å²) in [4.78, 5) is 55.1. The number of carbonyl (C=O) groups excluding carboxylic acids is 3. The zero-order valence-electron chi connectivity index (χ0n) is 21.0. The van der Waals surface area contributed by atoms with E-state index < -0.39 is 28.9 Å². The van der Waals surface area contributed by atoms with Crippen molar-refractivity contribution in [2.45, 2.75) is 19.9 Å².